The monoisotopic (exact) mass is 299 g/mol. The quantitative estimate of drug-likeness (QED) is 0.731. The largest absolute Gasteiger partial charge is 0.399 e. The molecule has 1 aliphatic carbocycles. The molecule has 1 aromatic heterocycles. The van der Waals surface area contributed by atoms with Crippen molar-refractivity contribution in [3.05, 3.63) is 35.5 Å². The van der Waals surface area contributed by atoms with Crippen LogP contribution in [0.2, 0.25) is 0 Å². The molecule has 22 heavy (non-hydrogen) atoms. The van der Waals surface area contributed by atoms with E-state index in [1.165, 1.54) is 0 Å². The van der Waals surface area contributed by atoms with Crippen molar-refractivity contribution in [2.75, 3.05) is 12.3 Å². The molecule has 1 amide bonds. The second-order valence-electron chi connectivity index (χ2n) is 5.78. The lowest BCUT2D eigenvalue weighted by atomic mass is 9.84. The van der Waals surface area contributed by atoms with Crippen molar-refractivity contribution in [3.63, 3.8) is 0 Å². The Kier molecular flexibility index (Phi) is 3.85. The minimum Gasteiger partial charge on any atom is -0.399 e. The van der Waals surface area contributed by atoms with Crippen LogP contribution >= 0.6 is 0 Å². The standard InChI is InChI=1S/C16H21N5O/c17-8-11-4-2-6-13-15(11)16(20-21(13)9-14(19)22)10-3-1-5-12(18)7-10/h1,3,5,7,11H,2,4,6,8-9,17-18H2,(H2,19,22). The second-order valence-corrected chi connectivity index (χ2v) is 5.78. The lowest BCUT2D eigenvalue weighted by Crippen LogP contribution is -2.23. The van der Waals surface area contributed by atoms with Crippen LogP contribution in [0.25, 0.3) is 11.3 Å². The topological polar surface area (TPSA) is 113 Å². The number of hydrogen-bond donors (Lipinski definition) is 3. The molecular weight excluding hydrogens is 278 g/mol. The molecule has 0 aliphatic heterocycles. The zero-order valence-electron chi connectivity index (χ0n) is 12.5. The lowest BCUT2D eigenvalue weighted by molar-refractivity contribution is -0.118. The number of nitrogens with two attached hydrogens (primary N) is 3. The Balaban J connectivity index is 2.16. The molecule has 1 atom stereocenters. The maximum atomic E-state index is 11.3. The van der Waals surface area contributed by atoms with Crippen molar-refractivity contribution in [2.24, 2.45) is 11.5 Å². The molecule has 1 heterocycles. The van der Waals surface area contributed by atoms with Gasteiger partial charge >= 0.3 is 0 Å². The molecule has 0 fully saturated rings. The summed E-state index contributed by atoms with van der Waals surface area (Å²) in [6, 6.07) is 7.64. The summed E-state index contributed by atoms with van der Waals surface area (Å²) in [6.07, 6.45) is 2.99. The highest BCUT2D eigenvalue weighted by Crippen LogP contribution is 2.38. The van der Waals surface area contributed by atoms with Gasteiger partial charge in [-0.1, -0.05) is 12.1 Å². The Bertz CT molecular complexity index is 707. The first-order valence-electron chi connectivity index (χ1n) is 7.54. The molecule has 2 aromatic rings. The SMILES string of the molecule is NCC1CCCc2c1c(-c1cccc(N)c1)nn2CC(N)=O. The van der Waals surface area contributed by atoms with Gasteiger partial charge in [-0.2, -0.15) is 5.10 Å². The molecule has 0 bridgehead atoms. The molecule has 1 aliphatic rings. The van der Waals surface area contributed by atoms with Crippen molar-refractivity contribution >= 4 is 11.6 Å². The number of nitrogen functional groups attached to an aromatic ring is 1. The molecule has 0 saturated carbocycles. The number of benzene rings is 1. The van der Waals surface area contributed by atoms with Crippen LogP contribution in [0.3, 0.4) is 0 Å². The van der Waals surface area contributed by atoms with Crippen molar-refractivity contribution < 1.29 is 4.79 Å². The molecule has 6 heteroatoms. The van der Waals surface area contributed by atoms with E-state index in [0.717, 1.165) is 41.8 Å². The van der Waals surface area contributed by atoms with E-state index in [1.54, 1.807) is 4.68 Å². The number of anilines is 1. The fourth-order valence-electron chi connectivity index (χ4n) is 3.28. The number of nitrogens with zero attached hydrogens (tertiary/aromatic N) is 2. The number of amides is 1. The van der Waals surface area contributed by atoms with Crippen LogP contribution in [-0.4, -0.2) is 22.2 Å². The van der Waals surface area contributed by atoms with Gasteiger partial charge in [0.15, 0.2) is 0 Å². The highest BCUT2D eigenvalue weighted by atomic mass is 16.1. The summed E-state index contributed by atoms with van der Waals surface area (Å²) < 4.78 is 1.73. The van der Waals surface area contributed by atoms with Gasteiger partial charge in [-0.15, -0.1) is 0 Å². The molecule has 0 radical (unpaired) electrons. The fourth-order valence-corrected chi connectivity index (χ4v) is 3.28. The first kappa shape index (κ1) is 14.6. The van der Waals surface area contributed by atoms with E-state index >= 15 is 0 Å². The summed E-state index contributed by atoms with van der Waals surface area (Å²) in [5, 5.41) is 4.65. The predicted molar refractivity (Wildman–Crippen MR) is 86.0 cm³/mol. The van der Waals surface area contributed by atoms with Crippen LogP contribution in [0.15, 0.2) is 24.3 Å². The Morgan fingerprint density at radius 2 is 2.23 bits per heavy atom. The normalized spacial score (nSPS) is 17.2. The molecule has 6 nitrogen and oxygen atoms in total. The van der Waals surface area contributed by atoms with Crippen LogP contribution in [0.1, 0.15) is 30.0 Å². The maximum absolute atomic E-state index is 11.3. The van der Waals surface area contributed by atoms with Gasteiger partial charge in [0.25, 0.3) is 0 Å². The summed E-state index contributed by atoms with van der Waals surface area (Å²) in [4.78, 5) is 11.3. The summed E-state index contributed by atoms with van der Waals surface area (Å²) in [7, 11) is 0. The average molecular weight is 299 g/mol. The number of fused-ring (bicyclic) bond motifs is 1. The van der Waals surface area contributed by atoms with Crippen LogP contribution in [-0.2, 0) is 17.8 Å². The maximum Gasteiger partial charge on any atom is 0.239 e. The van der Waals surface area contributed by atoms with Gasteiger partial charge in [0, 0.05) is 28.4 Å². The van der Waals surface area contributed by atoms with Crippen molar-refractivity contribution in [1.82, 2.24) is 9.78 Å². The molecule has 6 N–H and O–H groups in total. The zero-order valence-corrected chi connectivity index (χ0v) is 12.5. The van der Waals surface area contributed by atoms with Gasteiger partial charge in [0.2, 0.25) is 5.91 Å². The Morgan fingerprint density at radius 3 is 2.91 bits per heavy atom. The molecule has 3 rings (SSSR count). The van der Waals surface area contributed by atoms with E-state index in [4.69, 9.17) is 17.2 Å². The highest BCUT2D eigenvalue weighted by Gasteiger charge is 2.28. The lowest BCUT2D eigenvalue weighted by Gasteiger charge is -2.22. The van der Waals surface area contributed by atoms with E-state index in [-0.39, 0.29) is 18.4 Å². The molecule has 1 aromatic carbocycles. The first-order valence-corrected chi connectivity index (χ1v) is 7.54. The minimum absolute atomic E-state index is 0.0991. The molecule has 1 unspecified atom stereocenters. The summed E-state index contributed by atoms with van der Waals surface area (Å²) >= 11 is 0. The number of hydrogen-bond acceptors (Lipinski definition) is 4. The minimum atomic E-state index is -0.390. The van der Waals surface area contributed by atoms with E-state index in [9.17, 15) is 4.79 Å². The van der Waals surface area contributed by atoms with E-state index in [1.807, 2.05) is 24.3 Å². The Labute approximate surface area is 129 Å². The van der Waals surface area contributed by atoms with Gasteiger partial charge in [-0.05, 0) is 37.9 Å². The summed E-state index contributed by atoms with van der Waals surface area (Å²) in [5.74, 6) is -0.124. The number of rotatable bonds is 4. The van der Waals surface area contributed by atoms with Crippen molar-refractivity contribution in [2.45, 2.75) is 31.7 Å². The van der Waals surface area contributed by atoms with Crippen LogP contribution in [0, 0.1) is 0 Å². The summed E-state index contributed by atoms with van der Waals surface area (Å²) in [5.41, 5.74) is 22.0. The summed E-state index contributed by atoms with van der Waals surface area (Å²) in [6.45, 7) is 0.673. The Hall–Kier alpha value is -2.34. The van der Waals surface area contributed by atoms with Crippen molar-refractivity contribution in [1.29, 1.82) is 0 Å². The van der Waals surface area contributed by atoms with E-state index < -0.39 is 0 Å². The predicted octanol–water partition coefficient (Wildman–Crippen LogP) is 0.996. The van der Waals surface area contributed by atoms with Crippen LogP contribution < -0.4 is 17.2 Å². The third kappa shape index (κ3) is 2.57. The van der Waals surface area contributed by atoms with Gasteiger partial charge in [0.1, 0.15) is 6.54 Å². The van der Waals surface area contributed by atoms with Crippen molar-refractivity contribution in [3.8, 4) is 11.3 Å². The molecule has 0 saturated heterocycles. The van der Waals surface area contributed by atoms with Gasteiger partial charge in [0.05, 0.1) is 5.69 Å². The van der Waals surface area contributed by atoms with Gasteiger partial charge < -0.3 is 17.2 Å². The van der Waals surface area contributed by atoms with Crippen LogP contribution in [0.5, 0.6) is 0 Å². The van der Waals surface area contributed by atoms with Gasteiger partial charge in [-0.25, -0.2) is 0 Å². The number of carbonyl (C=O) groups excluding carboxylic acids is 1. The van der Waals surface area contributed by atoms with Crippen LogP contribution in [0.4, 0.5) is 5.69 Å². The highest BCUT2D eigenvalue weighted by molar-refractivity contribution is 5.74. The fraction of sp³-hybridized carbons (Fsp3) is 0.375. The van der Waals surface area contributed by atoms with E-state index in [0.29, 0.717) is 12.2 Å². The average Bonchev–Trinajstić information content (AvgIpc) is 2.85. The molecule has 116 valence electrons. The first-order chi connectivity index (χ1) is 10.6. The second kappa shape index (κ2) is 5.81. The van der Waals surface area contributed by atoms with E-state index in [2.05, 4.69) is 5.10 Å². The molecule has 0 spiro atoms. The van der Waals surface area contributed by atoms with Gasteiger partial charge in [-0.3, -0.25) is 9.48 Å². The zero-order chi connectivity index (χ0) is 15.7. The number of carbonyl (C=O) groups is 1. The number of primary amides is 1. The molecular formula is C16H21N5O. The Morgan fingerprint density at radius 1 is 1.41 bits per heavy atom. The number of aromatic nitrogens is 2. The third-order valence-corrected chi connectivity index (χ3v) is 4.22. The smallest absolute Gasteiger partial charge is 0.239 e. The third-order valence-electron chi connectivity index (χ3n) is 4.22.